The van der Waals surface area contributed by atoms with Crippen LogP contribution in [0.4, 0.5) is 4.39 Å². The Labute approximate surface area is 184 Å². The lowest BCUT2D eigenvalue weighted by molar-refractivity contribution is -0.135. The fourth-order valence-electron chi connectivity index (χ4n) is 4.56. The number of hydrogen-bond acceptors (Lipinski definition) is 4. The van der Waals surface area contributed by atoms with Gasteiger partial charge in [-0.3, -0.25) is 14.2 Å². The van der Waals surface area contributed by atoms with Gasteiger partial charge in [0.15, 0.2) is 0 Å². The van der Waals surface area contributed by atoms with Crippen molar-refractivity contribution in [3.05, 3.63) is 76.6 Å². The summed E-state index contributed by atoms with van der Waals surface area (Å²) < 4.78 is 20.4. The SMILES string of the molecule is O=C(Cn1cnc2c(oc3ccccc32)c1=O)N(Cc1ccc(F)cc1)C1CCCCC1. The van der Waals surface area contributed by atoms with E-state index in [1.54, 1.807) is 18.2 Å². The molecule has 0 aliphatic heterocycles. The molecule has 0 radical (unpaired) electrons. The van der Waals surface area contributed by atoms with Crippen LogP contribution in [0.2, 0.25) is 0 Å². The molecule has 2 aromatic heterocycles. The lowest BCUT2D eigenvalue weighted by Crippen LogP contribution is -2.43. The number of furan rings is 1. The van der Waals surface area contributed by atoms with E-state index in [1.807, 2.05) is 23.1 Å². The number of fused-ring (bicyclic) bond motifs is 3. The van der Waals surface area contributed by atoms with Gasteiger partial charge in [-0.1, -0.05) is 43.5 Å². The van der Waals surface area contributed by atoms with Crippen molar-refractivity contribution in [2.45, 2.75) is 51.2 Å². The first-order valence-electron chi connectivity index (χ1n) is 11.0. The highest BCUT2D eigenvalue weighted by molar-refractivity contribution is 6.01. The van der Waals surface area contributed by atoms with Crippen LogP contribution in [-0.2, 0) is 17.9 Å². The van der Waals surface area contributed by atoms with Crippen LogP contribution in [-0.4, -0.2) is 26.4 Å². The number of carbonyl (C=O) groups excluding carboxylic acids is 1. The van der Waals surface area contributed by atoms with Crippen LogP contribution < -0.4 is 5.56 Å². The maximum atomic E-state index is 13.4. The number of aromatic nitrogens is 2. The molecule has 6 nitrogen and oxygen atoms in total. The second-order valence-corrected chi connectivity index (χ2v) is 8.39. The van der Waals surface area contributed by atoms with Crippen LogP contribution in [0.15, 0.2) is 64.1 Å². The molecule has 164 valence electrons. The van der Waals surface area contributed by atoms with E-state index < -0.39 is 0 Å². The normalized spacial score (nSPS) is 14.8. The average Bonchev–Trinajstić information content (AvgIpc) is 3.20. The van der Waals surface area contributed by atoms with Crippen LogP contribution in [0.5, 0.6) is 0 Å². The van der Waals surface area contributed by atoms with Gasteiger partial charge >= 0.3 is 0 Å². The minimum atomic E-state index is -0.370. The first kappa shape index (κ1) is 20.4. The molecule has 0 saturated heterocycles. The van der Waals surface area contributed by atoms with E-state index in [4.69, 9.17) is 4.42 Å². The van der Waals surface area contributed by atoms with Crippen molar-refractivity contribution in [2.75, 3.05) is 0 Å². The third-order valence-corrected chi connectivity index (χ3v) is 6.26. The molecule has 1 aliphatic rings. The van der Waals surface area contributed by atoms with Crippen LogP contribution in [0.1, 0.15) is 37.7 Å². The molecule has 32 heavy (non-hydrogen) atoms. The third-order valence-electron chi connectivity index (χ3n) is 6.26. The number of benzene rings is 2. The molecule has 0 spiro atoms. The molecule has 1 saturated carbocycles. The zero-order valence-electron chi connectivity index (χ0n) is 17.7. The Hall–Kier alpha value is -3.48. The molecule has 0 bridgehead atoms. The Morgan fingerprint density at radius 3 is 2.62 bits per heavy atom. The van der Waals surface area contributed by atoms with E-state index >= 15 is 0 Å². The Balaban J connectivity index is 1.44. The number of hydrogen-bond donors (Lipinski definition) is 0. The van der Waals surface area contributed by atoms with Crippen molar-refractivity contribution in [1.82, 2.24) is 14.5 Å². The molecule has 7 heteroatoms. The number of para-hydroxylation sites is 1. The van der Waals surface area contributed by atoms with Gasteiger partial charge in [0.05, 0.1) is 6.33 Å². The van der Waals surface area contributed by atoms with Crippen LogP contribution in [0.3, 0.4) is 0 Å². The Bertz CT molecular complexity index is 1320. The van der Waals surface area contributed by atoms with Gasteiger partial charge in [-0.15, -0.1) is 0 Å². The molecule has 5 rings (SSSR count). The second kappa shape index (κ2) is 8.57. The van der Waals surface area contributed by atoms with Crippen LogP contribution in [0.25, 0.3) is 22.1 Å². The quantitative estimate of drug-likeness (QED) is 0.460. The van der Waals surface area contributed by atoms with Crippen molar-refractivity contribution >= 4 is 28.0 Å². The molecule has 0 atom stereocenters. The minimum Gasteiger partial charge on any atom is -0.448 e. The third kappa shape index (κ3) is 3.90. The summed E-state index contributed by atoms with van der Waals surface area (Å²) in [5, 5.41) is 0.776. The number of carbonyl (C=O) groups is 1. The van der Waals surface area contributed by atoms with Gasteiger partial charge in [0, 0.05) is 18.0 Å². The van der Waals surface area contributed by atoms with Gasteiger partial charge in [-0.25, -0.2) is 9.37 Å². The zero-order chi connectivity index (χ0) is 22.1. The summed E-state index contributed by atoms with van der Waals surface area (Å²) in [5.41, 5.74) is 1.75. The Morgan fingerprint density at radius 1 is 1.09 bits per heavy atom. The van der Waals surface area contributed by atoms with Crippen LogP contribution in [0, 0.1) is 5.82 Å². The average molecular weight is 433 g/mol. The maximum Gasteiger partial charge on any atom is 0.297 e. The summed E-state index contributed by atoms with van der Waals surface area (Å²) in [4.78, 5) is 32.7. The van der Waals surface area contributed by atoms with Gasteiger partial charge in [0.25, 0.3) is 5.56 Å². The minimum absolute atomic E-state index is 0.111. The number of amides is 1. The summed E-state index contributed by atoms with van der Waals surface area (Å²) in [6.45, 7) is 0.273. The van der Waals surface area contributed by atoms with E-state index in [2.05, 4.69) is 4.98 Å². The molecule has 0 N–H and O–H groups in total. The summed E-state index contributed by atoms with van der Waals surface area (Å²) in [5.74, 6) is -0.457. The van der Waals surface area contributed by atoms with Crippen molar-refractivity contribution < 1.29 is 13.6 Å². The van der Waals surface area contributed by atoms with Gasteiger partial charge < -0.3 is 9.32 Å². The molecule has 1 amide bonds. The first-order chi connectivity index (χ1) is 15.6. The van der Waals surface area contributed by atoms with Gasteiger partial charge in [-0.2, -0.15) is 0 Å². The number of nitrogens with zero attached hydrogens (tertiary/aromatic N) is 3. The maximum absolute atomic E-state index is 13.4. The fraction of sp³-hybridized carbons (Fsp3) is 0.320. The van der Waals surface area contributed by atoms with E-state index in [9.17, 15) is 14.0 Å². The summed E-state index contributed by atoms with van der Waals surface area (Å²) >= 11 is 0. The van der Waals surface area contributed by atoms with Crippen LogP contribution >= 0.6 is 0 Å². The Morgan fingerprint density at radius 2 is 1.84 bits per heavy atom. The molecule has 1 fully saturated rings. The highest BCUT2D eigenvalue weighted by Crippen LogP contribution is 2.26. The highest BCUT2D eigenvalue weighted by Gasteiger charge is 2.26. The topological polar surface area (TPSA) is 68.3 Å². The molecule has 0 unspecified atom stereocenters. The zero-order valence-corrected chi connectivity index (χ0v) is 17.7. The van der Waals surface area contributed by atoms with Gasteiger partial charge in [0.2, 0.25) is 11.5 Å². The summed E-state index contributed by atoms with van der Waals surface area (Å²) in [7, 11) is 0. The van der Waals surface area contributed by atoms with Crippen molar-refractivity contribution in [3.8, 4) is 0 Å². The lowest BCUT2D eigenvalue weighted by atomic mass is 9.93. The molecular formula is C25H24FN3O3. The van der Waals surface area contributed by atoms with Crippen molar-refractivity contribution in [2.24, 2.45) is 0 Å². The molecule has 2 heterocycles. The molecule has 1 aliphatic carbocycles. The summed E-state index contributed by atoms with van der Waals surface area (Å²) in [6, 6.07) is 13.7. The van der Waals surface area contributed by atoms with Crippen molar-refractivity contribution in [1.29, 1.82) is 0 Å². The molecule has 2 aromatic carbocycles. The predicted molar refractivity (Wildman–Crippen MR) is 120 cm³/mol. The second-order valence-electron chi connectivity index (χ2n) is 8.39. The van der Waals surface area contributed by atoms with Crippen molar-refractivity contribution in [3.63, 3.8) is 0 Å². The molecule has 4 aromatic rings. The lowest BCUT2D eigenvalue weighted by Gasteiger charge is -2.34. The predicted octanol–water partition coefficient (Wildman–Crippen LogP) is 4.64. The van der Waals surface area contributed by atoms with E-state index in [0.717, 1.165) is 36.6 Å². The van der Waals surface area contributed by atoms with E-state index in [0.29, 0.717) is 17.6 Å². The van der Waals surface area contributed by atoms with E-state index in [-0.39, 0.29) is 35.5 Å². The fourth-order valence-corrected chi connectivity index (χ4v) is 4.56. The number of rotatable bonds is 5. The standard InChI is InChI=1S/C25H24FN3O3/c26-18-12-10-17(11-13-18)14-29(19-6-2-1-3-7-19)22(30)15-28-16-27-23-20-8-4-5-9-21(20)32-24(23)25(28)31/h4-5,8-13,16,19H,1-3,6-7,14-15H2. The smallest absolute Gasteiger partial charge is 0.297 e. The van der Waals surface area contributed by atoms with Gasteiger partial charge in [0.1, 0.15) is 23.5 Å². The first-order valence-corrected chi connectivity index (χ1v) is 11.0. The van der Waals surface area contributed by atoms with Gasteiger partial charge in [-0.05, 0) is 42.7 Å². The molecular weight excluding hydrogens is 409 g/mol. The largest absolute Gasteiger partial charge is 0.448 e. The van der Waals surface area contributed by atoms with E-state index in [1.165, 1.54) is 29.4 Å². The summed E-state index contributed by atoms with van der Waals surface area (Å²) in [6.07, 6.45) is 6.60. The highest BCUT2D eigenvalue weighted by atomic mass is 19.1. The Kier molecular flexibility index (Phi) is 5.47. The number of halogens is 1. The monoisotopic (exact) mass is 433 g/mol.